The molecule has 1 aliphatic rings. The fourth-order valence-corrected chi connectivity index (χ4v) is 2.47. The van der Waals surface area contributed by atoms with Gasteiger partial charge in [-0.25, -0.2) is 0 Å². The van der Waals surface area contributed by atoms with Gasteiger partial charge in [0.25, 0.3) is 0 Å². The largest absolute Gasteiger partial charge is 0.338 e. The lowest BCUT2D eigenvalue weighted by Crippen LogP contribution is -2.35. The minimum Gasteiger partial charge on any atom is -0.338 e. The summed E-state index contributed by atoms with van der Waals surface area (Å²) in [4.78, 5) is 12.1. The molecule has 3 N–H and O–H groups in total. The Morgan fingerprint density at radius 1 is 1.59 bits per heavy atom. The third-order valence-corrected chi connectivity index (χ3v) is 3.42. The number of hydrogen-bond acceptors (Lipinski definition) is 4. The summed E-state index contributed by atoms with van der Waals surface area (Å²) >= 11 is 0. The molecule has 1 saturated carbocycles. The average Bonchev–Trinajstić information content (AvgIpc) is 2.74. The first kappa shape index (κ1) is 12.1. The van der Waals surface area contributed by atoms with Crippen LogP contribution in [0.15, 0.2) is 10.6 Å². The molecular formula is C12H19N3O2. The number of rotatable bonds is 3. The Morgan fingerprint density at radius 3 is 3.00 bits per heavy atom. The van der Waals surface area contributed by atoms with Gasteiger partial charge in [0.1, 0.15) is 0 Å². The highest BCUT2D eigenvalue weighted by atomic mass is 16.5. The maximum Gasteiger partial charge on any atom is 0.231 e. The molecule has 1 aliphatic carbocycles. The predicted octanol–water partition coefficient (Wildman–Crippen LogP) is 1.69. The molecule has 0 aromatic carbocycles. The summed E-state index contributed by atoms with van der Waals surface area (Å²) in [6.45, 7) is 2.40. The standard InChI is InChI=1S/C12H19N3O2/c1-8-6-11(17-15-8)14-12(16)10-5-3-2-4-9(10)7-13/h6,9-10H,2-5,7,13H2,1H3,(H,14,16). The van der Waals surface area contributed by atoms with Crippen LogP contribution in [0.3, 0.4) is 0 Å². The smallest absolute Gasteiger partial charge is 0.231 e. The van der Waals surface area contributed by atoms with Crippen LogP contribution < -0.4 is 11.1 Å². The number of carbonyl (C=O) groups excluding carboxylic acids is 1. The number of amides is 1. The number of aromatic nitrogens is 1. The van der Waals surface area contributed by atoms with Crippen LogP contribution in [-0.2, 0) is 4.79 Å². The van der Waals surface area contributed by atoms with Crippen molar-refractivity contribution in [1.29, 1.82) is 0 Å². The molecule has 5 heteroatoms. The number of nitrogens with zero attached hydrogens (tertiary/aromatic N) is 1. The minimum absolute atomic E-state index is 0.0105. The quantitative estimate of drug-likeness (QED) is 0.838. The van der Waals surface area contributed by atoms with Crippen molar-refractivity contribution in [2.45, 2.75) is 32.6 Å². The molecule has 1 amide bonds. The predicted molar refractivity (Wildman–Crippen MR) is 64.4 cm³/mol. The van der Waals surface area contributed by atoms with E-state index in [1.54, 1.807) is 6.07 Å². The average molecular weight is 237 g/mol. The maximum atomic E-state index is 12.1. The zero-order valence-corrected chi connectivity index (χ0v) is 10.1. The normalized spacial score (nSPS) is 24.6. The molecule has 1 aromatic heterocycles. The fourth-order valence-electron chi connectivity index (χ4n) is 2.47. The zero-order valence-electron chi connectivity index (χ0n) is 10.1. The van der Waals surface area contributed by atoms with Gasteiger partial charge in [-0.1, -0.05) is 18.0 Å². The molecule has 2 unspecified atom stereocenters. The molecule has 1 heterocycles. The van der Waals surface area contributed by atoms with Gasteiger partial charge in [0.2, 0.25) is 11.8 Å². The van der Waals surface area contributed by atoms with Crippen molar-refractivity contribution >= 4 is 11.8 Å². The van der Waals surface area contributed by atoms with E-state index in [1.807, 2.05) is 6.92 Å². The first-order valence-electron chi connectivity index (χ1n) is 6.15. The Hall–Kier alpha value is -1.36. The summed E-state index contributed by atoms with van der Waals surface area (Å²) in [5.74, 6) is 0.747. The summed E-state index contributed by atoms with van der Waals surface area (Å²) in [6, 6.07) is 1.72. The third kappa shape index (κ3) is 2.85. The number of nitrogens with two attached hydrogens (primary N) is 1. The highest BCUT2D eigenvalue weighted by molar-refractivity contribution is 5.91. The van der Waals surface area contributed by atoms with E-state index in [2.05, 4.69) is 10.5 Å². The highest BCUT2D eigenvalue weighted by Gasteiger charge is 2.30. The number of aryl methyl sites for hydroxylation is 1. The minimum atomic E-state index is 0.0105. The Bertz CT molecular complexity index is 389. The van der Waals surface area contributed by atoms with Gasteiger partial charge in [-0.15, -0.1) is 0 Å². The lowest BCUT2D eigenvalue weighted by molar-refractivity contribution is -0.122. The van der Waals surface area contributed by atoms with Crippen molar-refractivity contribution in [1.82, 2.24) is 5.16 Å². The summed E-state index contributed by atoms with van der Waals surface area (Å²) in [5.41, 5.74) is 6.48. The molecule has 0 radical (unpaired) electrons. The molecule has 94 valence electrons. The van der Waals surface area contributed by atoms with Crippen LogP contribution in [0.1, 0.15) is 31.4 Å². The van der Waals surface area contributed by atoms with E-state index < -0.39 is 0 Å². The van der Waals surface area contributed by atoms with Crippen molar-refractivity contribution in [2.75, 3.05) is 11.9 Å². The van der Waals surface area contributed by atoms with E-state index in [4.69, 9.17) is 10.3 Å². The second kappa shape index (κ2) is 5.31. The lowest BCUT2D eigenvalue weighted by atomic mass is 9.79. The molecule has 0 aliphatic heterocycles. The Morgan fingerprint density at radius 2 is 2.35 bits per heavy atom. The number of carbonyl (C=O) groups is 1. The third-order valence-electron chi connectivity index (χ3n) is 3.42. The van der Waals surface area contributed by atoms with Crippen molar-refractivity contribution in [3.05, 3.63) is 11.8 Å². The summed E-state index contributed by atoms with van der Waals surface area (Å²) in [5, 5.41) is 6.51. The van der Waals surface area contributed by atoms with E-state index in [9.17, 15) is 4.79 Å². The summed E-state index contributed by atoms with van der Waals surface area (Å²) in [7, 11) is 0. The van der Waals surface area contributed by atoms with Gasteiger partial charge in [-0.3, -0.25) is 10.1 Å². The monoisotopic (exact) mass is 237 g/mol. The van der Waals surface area contributed by atoms with Crippen LogP contribution in [0.25, 0.3) is 0 Å². The van der Waals surface area contributed by atoms with Gasteiger partial charge in [-0.05, 0) is 32.2 Å². The first-order valence-corrected chi connectivity index (χ1v) is 6.15. The molecule has 1 fully saturated rings. The summed E-state index contributed by atoms with van der Waals surface area (Å²) < 4.78 is 4.98. The van der Waals surface area contributed by atoms with E-state index in [0.717, 1.165) is 25.0 Å². The van der Waals surface area contributed by atoms with Crippen molar-refractivity contribution in [3.63, 3.8) is 0 Å². The Labute approximate surface area is 101 Å². The molecule has 5 nitrogen and oxygen atoms in total. The van der Waals surface area contributed by atoms with Gasteiger partial charge >= 0.3 is 0 Å². The van der Waals surface area contributed by atoms with Crippen LogP contribution in [0.2, 0.25) is 0 Å². The Kier molecular flexibility index (Phi) is 3.78. The van der Waals surface area contributed by atoms with Gasteiger partial charge in [-0.2, -0.15) is 0 Å². The molecule has 17 heavy (non-hydrogen) atoms. The molecule has 2 atom stereocenters. The van der Waals surface area contributed by atoms with Crippen LogP contribution in [0, 0.1) is 18.8 Å². The van der Waals surface area contributed by atoms with Crippen LogP contribution in [0.4, 0.5) is 5.88 Å². The van der Waals surface area contributed by atoms with Gasteiger partial charge in [0, 0.05) is 12.0 Å². The topological polar surface area (TPSA) is 81.2 Å². The van der Waals surface area contributed by atoms with Crippen molar-refractivity contribution < 1.29 is 9.32 Å². The van der Waals surface area contributed by atoms with Crippen LogP contribution in [-0.4, -0.2) is 17.6 Å². The SMILES string of the molecule is Cc1cc(NC(=O)C2CCCCC2CN)on1. The second-order valence-electron chi connectivity index (χ2n) is 4.71. The van der Waals surface area contributed by atoms with Gasteiger partial charge < -0.3 is 10.3 Å². The molecule has 0 spiro atoms. The van der Waals surface area contributed by atoms with Crippen molar-refractivity contribution in [3.8, 4) is 0 Å². The van der Waals surface area contributed by atoms with Crippen LogP contribution >= 0.6 is 0 Å². The second-order valence-corrected chi connectivity index (χ2v) is 4.71. The maximum absolute atomic E-state index is 12.1. The number of anilines is 1. The van der Waals surface area contributed by atoms with Gasteiger partial charge in [0.05, 0.1) is 5.69 Å². The lowest BCUT2D eigenvalue weighted by Gasteiger charge is -2.29. The zero-order chi connectivity index (χ0) is 12.3. The Balaban J connectivity index is 1.98. The molecule has 1 aromatic rings. The molecule has 2 rings (SSSR count). The molecule has 0 saturated heterocycles. The highest BCUT2D eigenvalue weighted by Crippen LogP contribution is 2.30. The number of hydrogen-bond donors (Lipinski definition) is 2. The van der Waals surface area contributed by atoms with E-state index in [1.165, 1.54) is 6.42 Å². The van der Waals surface area contributed by atoms with Crippen molar-refractivity contribution in [2.24, 2.45) is 17.6 Å². The van der Waals surface area contributed by atoms with Crippen LogP contribution in [0.5, 0.6) is 0 Å². The van der Waals surface area contributed by atoms with E-state index in [0.29, 0.717) is 18.3 Å². The van der Waals surface area contributed by atoms with E-state index >= 15 is 0 Å². The number of nitrogens with one attached hydrogen (secondary N) is 1. The van der Waals surface area contributed by atoms with Gasteiger partial charge in [0.15, 0.2) is 0 Å². The first-order chi connectivity index (χ1) is 8.20. The van der Waals surface area contributed by atoms with E-state index in [-0.39, 0.29) is 11.8 Å². The summed E-state index contributed by atoms with van der Waals surface area (Å²) in [6.07, 6.45) is 4.24. The fraction of sp³-hybridized carbons (Fsp3) is 0.667. The molecule has 0 bridgehead atoms. The molecular weight excluding hydrogens is 218 g/mol.